The molecule has 0 aromatic rings. The Morgan fingerprint density at radius 3 is 2.00 bits per heavy atom. The van der Waals surface area contributed by atoms with E-state index in [0.29, 0.717) is 0 Å². The average Bonchev–Trinajstić information content (AvgIpc) is 2.59. The second-order valence-corrected chi connectivity index (χ2v) is 7.37. The predicted molar refractivity (Wildman–Crippen MR) is 79.5 cm³/mol. The number of phosphoric ester groups is 1. The SMILES string of the molecule is O=P(O)(O)OC[C@H]1O[C@H](O[C@@H]2[C@@H](O)[C@@H](O)O[C@H](CO)[C@H]2O)[C@H](O)[C@@H](O)[C@H]1O. The predicted octanol–water partition coefficient (Wildman–Crippen LogP) is -5.28. The van der Waals surface area contributed by atoms with E-state index in [1.54, 1.807) is 0 Å². The van der Waals surface area contributed by atoms with E-state index in [1.165, 1.54) is 0 Å². The van der Waals surface area contributed by atoms with Crippen molar-refractivity contribution in [1.82, 2.24) is 0 Å². The van der Waals surface area contributed by atoms with Crippen molar-refractivity contribution in [3.05, 3.63) is 0 Å². The summed E-state index contributed by atoms with van der Waals surface area (Å²) in [7, 11) is -4.92. The molecule has 0 amide bonds. The second-order valence-electron chi connectivity index (χ2n) is 6.13. The fraction of sp³-hybridized carbons (Fsp3) is 1.00. The molecule has 2 saturated heterocycles. The minimum Gasteiger partial charge on any atom is -0.394 e. The number of rotatable bonds is 6. The van der Waals surface area contributed by atoms with Crippen LogP contribution < -0.4 is 0 Å². The fourth-order valence-electron chi connectivity index (χ4n) is 2.72. The van der Waals surface area contributed by atoms with Crippen molar-refractivity contribution in [3.8, 4) is 0 Å². The van der Waals surface area contributed by atoms with Gasteiger partial charge in [-0.1, -0.05) is 0 Å². The standard InChI is InChI=1S/C12H23O14P/c13-1-3-6(15)10(9(18)11(19)24-3)26-12-8(17)7(16)5(14)4(25-12)2-23-27(20,21)22/h3-19H,1-2H2,(H2,20,21,22)/t3-,4-,5+,6-,7+,8-,9-,10+,11+,12-/m1/s1. The van der Waals surface area contributed by atoms with Crippen LogP contribution >= 0.6 is 7.82 Å². The summed E-state index contributed by atoms with van der Waals surface area (Å²) < 4.78 is 30.1. The zero-order valence-electron chi connectivity index (χ0n) is 13.7. The highest BCUT2D eigenvalue weighted by molar-refractivity contribution is 7.46. The molecule has 0 aromatic heterocycles. The van der Waals surface area contributed by atoms with E-state index in [-0.39, 0.29) is 0 Å². The van der Waals surface area contributed by atoms with Crippen LogP contribution in [-0.2, 0) is 23.3 Å². The molecule has 0 aromatic carbocycles. The first-order chi connectivity index (χ1) is 12.5. The normalized spacial score (nSPS) is 46.4. The average molecular weight is 422 g/mol. The first kappa shape index (κ1) is 23.0. The van der Waals surface area contributed by atoms with Gasteiger partial charge in [-0.2, -0.15) is 0 Å². The molecule has 0 spiro atoms. The van der Waals surface area contributed by atoms with Crippen molar-refractivity contribution < 1.29 is 68.8 Å². The van der Waals surface area contributed by atoms with Gasteiger partial charge in [-0.15, -0.1) is 0 Å². The molecule has 0 radical (unpaired) electrons. The third-order valence-electron chi connectivity index (χ3n) is 4.21. The Morgan fingerprint density at radius 1 is 0.815 bits per heavy atom. The lowest BCUT2D eigenvalue weighted by Gasteiger charge is -2.45. The zero-order valence-corrected chi connectivity index (χ0v) is 14.6. The van der Waals surface area contributed by atoms with Crippen LogP contribution in [0.2, 0.25) is 0 Å². The maximum Gasteiger partial charge on any atom is 0.469 e. The van der Waals surface area contributed by atoms with Crippen molar-refractivity contribution in [2.75, 3.05) is 13.2 Å². The summed E-state index contributed by atoms with van der Waals surface area (Å²) in [6.45, 7) is -1.62. The van der Waals surface area contributed by atoms with Gasteiger partial charge >= 0.3 is 7.82 Å². The number of aliphatic hydroxyl groups is 7. The van der Waals surface area contributed by atoms with Gasteiger partial charge in [0.1, 0.15) is 48.8 Å². The molecule has 2 heterocycles. The molecule has 160 valence electrons. The molecule has 27 heavy (non-hydrogen) atoms. The number of phosphoric acid groups is 1. The van der Waals surface area contributed by atoms with E-state index in [0.717, 1.165) is 0 Å². The molecule has 0 unspecified atom stereocenters. The van der Waals surface area contributed by atoms with Crippen LogP contribution in [0.5, 0.6) is 0 Å². The number of hydrogen-bond donors (Lipinski definition) is 9. The van der Waals surface area contributed by atoms with Gasteiger partial charge in [0.05, 0.1) is 13.2 Å². The minimum atomic E-state index is -4.92. The van der Waals surface area contributed by atoms with Crippen LogP contribution in [0.25, 0.3) is 0 Å². The van der Waals surface area contributed by atoms with Gasteiger partial charge in [0.15, 0.2) is 12.6 Å². The first-order valence-electron chi connectivity index (χ1n) is 7.82. The van der Waals surface area contributed by atoms with E-state index in [9.17, 15) is 35.2 Å². The summed E-state index contributed by atoms with van der Waals surface area (Å²) in [4.78, 5) is 17.4. The third-order valence-corrected chi connectivity index (χ3v) is 4.69. The Kier molecular flexibility index (Phi) is 7.68. The van der Waals surface area contributed by atoms with Crippen molar-refractivity contribution in [3.63, 3.8) is 0 Å². The Morgan fingerprint density at radius 2 is 1.44 bits per heavy atom. The lowest BCUT2D eigenvalue weighted by molar-refractivity contribution is -0.355. The Labute approximate surface area is 152 Å². The molecule has 0 saturated carbocycles. The Hall–Kier alpha value is -0.290. The van der Waals surface area contributed by atoms with Gasteiger partial charge in [-0.25, -0.2) is 4.57 Å². The van der Waals surface area contributed by atoms with Gasteiger partial charge in [-0.05, 0) is 0 Å². The quantitative estimate of drug-likeness (QED) is 0.182. The van der Waals surface area contributed by atoms with E-state index >= 15 is 0 Å². The number of ether oxygens (including phenoxy) is 3. The van der Waals surface area contributed by atoms with Crippen LogP contribution in [0, 0.1) is 0 Å². The molecular formula is C12H23O14P. The van der Waals surface area contributed by atoms with E-state index < -0.39 is 82.4 Å². The van der Waals surface area contributed by atoms with Gasteiger partial charge in [0, 0.05) is 0 Å². The Balaban J connectivity index is 2.11. The lowest BCUT2D eigenvalue weighted by atomic mass is 9.97. The van der Waals surface area contributed by atoms with Gasteiger partial charge in [-0.3, -0.25) is 4.52 Å². The zero-order chi connectivity index (χ0) is 20.5. The van der Waals surface area contributed by atoms with E-state index in [2.05, 4.69) is 4.52 Å². The molecule has 2 rings (SSSR count). The molecular weight excluding hydrogens is 399 g/mol. The molecule has 15 heteroatoms. The topological polar surface area (TPSA) is 236 Å². The van der Waals surface area contributed by atoms with E-state index in [4.69, 9.17) is 29.1 Å². The molecule has 2 aliphatic heterocycles. The minimum absolute atomic E-state index is 0.737. The molecule has 2 fully saturated rings. The van der Waals surface area contributed by atoms with E-state index in [1.807, 2.05) is 0 Å². The second kappa shape index (κ2) is 9.02. The summed E-state index contributed by atoms with van der Waals surface area (Å²) in [6.07, 6.45) is -17.2. The maximum absolute atomic E-state index is 10.8. The fourth-order valence-corrected chi connectivity index (χ4v) is 3.06. The highest BCUT2D eigenvalue weighted by Crippen LogP contribution is 2.37. The molecule has 0 aliphatic carbocycles. The molecule has 0 bridgehead atoms. The van der Waals surface area contributed by atoms with Crippen LogP contribution in [0.1, 0.15) is 0 Å². The summed E-state index contributed by atoms with van der Waals surface area (Å²) in [5, 5.41) is 68.4. The van der Waals surface area contributed by atoms with Crippen LogP contribution in [0.3, 0.4) is 0 Å². The van der Waals surface area contributed by atoms with Crippen molar-refractivity contribution >= 4 is 7.82 Å². The smallest absolute Gasteiger partial charge is 0.394 e. The summed E-state index contributed by atoms with van der Waals surface area (Å²) in [5.74, 6) is 0. The summed E-state index contributed by atoms with van der Waals surface area (Å²) >= 11 is 0. The maximum atomic E-state index is 10.8. The van der Waals surface area contributed by atoms with Gasteiger partial charge < -0.3 is 59.7 Å². The van der Waals surface area contributed by atoms with Gasteiger partial charge in [0.25, 0.3) is 0 Å². The summed E-state index contributed by atoms with van der Waals surface area (Å²) in [6, 6.07) is 0. The molecule has 9 N–H and O–H groups in total. The molecule has 2 aliphatic rings. The third kappa shape index (κ3) is 5.41. The highest BCUT2D eigenvalue weighted by atomic mass is 31.2. The number of hydrogen-bond acceptors (Lipinski definition) is 12. The van der Waals surface area contributed by atoms with Crippen molar-refractivity contribution in [2.45, 2.75) is 61.4 Å². The summed E-state index contributed by atoms with van der Waals surface area (Å²) in [5.41, 5.74) is 0. The lowest BCUT2D eigenvalue weighted by Crippen LogP contribution is -2.64. The van der Waals surface area contributed by atoms with Crippen molar-refractivity contribution in [1.29, 1.82) is 0 Å². The highest BCUT2D eigenvalue weighted by Gasteiger charge is 2.50. The first-order valence-corrected chi connectivity index (χ1v) is 9.35. The molecule has 14 nitrogen and oxygen atoms in total. The van der Waals surface area contributed by atoms with Crippen molar-refractivity contribution in [2.24, 2.45) is 0 Å². The molecule has 10 atom stereocenters. The Bertz CT molecular complexity index is 528. The largest absolute Gasteiger partial charge is 0.469 e. The number of aliphatic hydroxyl groups excluding tert-OH is 7. The van der Waals surface area contributed by atoms with Crippen LogP contribution in [0.15, 0.2) is 0 Å². The van der Waals surface area contributed by atoms with Gasteiger partial charge in [0.2, 0.25) is 0 Å². The van der Waals surface area contributed by atoms with Crippen LogP contribution in [-0.4, -0.2) is 120 Å². The monoisotopic (exact) mass is 422 g/mol. The van der Waals surface area contributed by atoms with Crippen LogP contribution in [0.4, 0.5) is 0 Å².